The zero-order valence-electron chi connectivity index (χ0n) is 9.84. The fourth-order valence-electron chi connectivity index (χ4n) is 2.88. The van der Waals surface area contributed by atoms with Gasteiger partial charge in [0.25, 0.3) is 0 Å². The Balaban J connectivity index is 2.17. The lowest BCUT2D eigenvalue weighted by molar-refractivity contribution is -0.170. The smallest absolute Gasteiger partial charge is 0.314 e. The number of fused-ring (bicyclic) bond motifs is 2. The summed E-state index contributed by atoms with van der Waals surface area (Å²) in [5.74, 6) is -0.118. The maximum absolute atomic E-state index is 11.9. The Morgan fingerprint density at radius 2 is 2.07 bits per heavy atom. The molecule has 0 aromatic carbocycles. The number of esters is 1. The minimum Gasteiger partial charge on any atom is -0.465 e. The van der Waals surface area contributed by atoms with Crippen LogP contribution < -0.4 is 0 Å². The van der Waals surface area contributed by atoms with Gasteiger partial charge in [0.15, 0.2) is 0 Å². The first-order valence-electron chi connectivity index (χ1n) is 5.87. The third kappa shape index (κ3) is 1.48. The standard InChI is InChI=1S/C12H20O3/c1-4-14-10(13)11(2,3)12-7-5-9(15-12)6-8-12/h9H,4-8H2,1-3H3. The van der Waals surface area contributed by atoms with Gasteiger partial charge in [0.1, 0.15) is 0 Å². The normalized spacial score (nSPS) is 34.5. The van der Waals surface area contributed by atoms with Crippen LogP contribution in [-0.4, -0.2) is 24.3 Å². The molecule has 2 fully saturated rings. The Morgan fingerprint density at radius 3 is 2.47 bits per heavy atom. The lowest BCUT2D eigenvalue weighted by Crippen LogP contribution is -2.48. The first-order chi connectivity index (χ1) is 7.02. The fraction of sp³-hybridized carbons (Fsp3) is 0.917. The maximum Gasteiger partial charge on any atom is 0.314 e. The highest BCUT2D eigenvalue weighted by Gasteiger charge is 2.58. The molecule has 0 radical (unpaired) electrons. The van der Waals surface area contributed by atoms with E-state index in [0.717, 1.165) is 25.7 Å². The Labute approximate surface area is 91.1 Å². The van der Waals surface area contributed by atoms with Gasteiger partial charge in [-0.2, -0.15) is 0 Å². The van der Waals surface area contributed by atoms with E-state index in [9.17, 15) is 4.79 Å². The van der Waals surface area contributed by atoms with Crippen LogP contribution in [0, 0.1) is 5.41 Å². The highest BCUT2D eigenvalue weighted by atomic mass is 16.5. The zero-order valence-corrected chi connectivity index (χ0v) is 9.84. The Bertz CT molecular complexity index is 262. The van der Waals surface area contributed by atoms with Crippen LogP contribution in [-0.2, 0) is 14.3 Å². The second-order valence-corrected chi connectivity index (χ2v) is 5.16. The number of hydrogen-bond acceptors (Lipinski definition) is 3. The molecule has 0 N–H and O–H groups in total. The number of carbonyl (C=O) groups excluding carboxylic acids is 1. The molecule has 2 aliphatic heterocycles. The van der Waals surface area contributed by atoms with Gasteiger partial charge < -0.3 is 9.47 Å². The highest BCUT2D eigenvalue weighted by molar-refractivity contribution is 5.77. The molecule has 2 heterocycles. The summed E-state index contributed by atoms with van der Waals surface area (Å²) in [6.07, 6.45) is 4.59. The van der Waals surface area contributed by atoms with Crippen LogP contribution in [0.5, 0.6) is 0 Å². The fourth-order valence-corrected chi connectivity index (χ4v) is 2.88. The van der Waals surface area contributed by atoms with Gasteiger partial charge in [-0.3, -0.25) is 4.79 Å². The molecule has 3 nitrogen and oxygen atoms in total. The van der Waals surface area contributed by atoms with Crippen LogP contribution in [0.1, 0.15) is 46.5 Å². The average Bonchev–Trinajstić information content (AvgIpc) is 2.79. The largest absolute Gasteiger partial charge is 0.465 e. The summed E-state index contributed by atoms with van der Waals surface area (Å²) in [6.45, 7) is 6.21. The molecule has 0 saturated carbocycles. The van der Waals surface area contributed by atoms with Gasteiger partial charge in [-0.25, -0.2) is 0 Å². The third-order valence-corrected chi connectivity index (χ3v) is 4.06. The van der Waals surface area contributed by atoms with Gasteiger partial charge in [0, 0.05) is 0 Å². The van der Waals surface area contributed by atoms with Crippen molar-refractivity contribution in [3.8, 4) is 0 Å². The lowest BCUT2D eigenvalue weighted by Gasteiger charge is -2.39. The Morgan fingerprint density at radius 1 is 1.47 bits per heavy atom. The van der Waals surface area contributed by atoms with Crippen LogP contribution in [0.3, 0.4) is 0 Å². The van der Waals surface area contributed by atoms with E-state index in [4.69, 9.17) is 9.47 Å². The van der Waals surface area contributed by atoms with E-state index in [1.54, 1.807) is 0 Å². The molecule has 2 bridgehead atoms. The molecule has 15 heavy (non-hydrogen) atoms. The van der Waals surface area contributed by atoms with Crippen molar-refractivity contribution in [3.05, 3.63) is 0 Å². The maximum atomic E-state index is 11.9. The molecule has 0 aromatic rings. The molecule has 3 heteroatoms. The summed E-state index contributed by atoms with van der Waals surface area (Å²) in [6, 6.07) is 0. The first-order valence-corrected chi connectivity index (χ1v) is 5.87. The molecule has 0 amide bonds. The van der Waals surface area contributed by atoms with Gasteiger partial charge >= 0.3 is 5.97 Å². The Hall–Kier alpha value is -0.570. The van der Waals surface area contributed by atoms with Gasteiger partial charge in [-0.1, -0.05) is 0 Å². The summed E-state index contributed by atoms with van der Waals surface area (Å²) in [7, 11) is 0. The van der Waals surface area contributed by atoms with Crippen molar-refractivity contribution < 1.29 is 14.3 Å². The summed E-state index contributed by atoms with van der Waals surface area (Å²) < 4.78 is 11.1. The van der Waals surface area contributed by atoms with Crippen molar-refractivity contribution in [3.63, 3.8) is 0 Å². The van der Waals surface area contributed by atoms with E-state index < -0.39 is 5.41 Å². The van der Waals surface area contributed by atoms with E-state index >= 15 is 0 Å². The molecule has 0 aliphatic carbocycles. The molecule has 86 valence electrons. The number of carbonyl (C=O) groups is 1. The quantitative estimate of drug-likeness (QED) is 0.673. The van der Waals surface area contributed by atoms with Gasteiger partial charge in [-0.05, 0) is 46.5 Å². The van der Waals surface area contributed by atoms with Crippen molar-refractivity contribution in [1.29, 1.82) is 0 Å². The van der Waals surface area contributed by atoms with Crippen molar-refractivity contribution in [1.82, 2.24) is 0 Å². The van der Waals surface area contributed by atoms with Crippen molar-refractivity contribution in [2.75, 3.05) is 6.61 Å². The summed E-state index contributed by atoms with van der Waals surface area (Å²) in [4.78, 5) is 11.9. The minimum atomic E-state index is -0.506. The zero-order chi connectivity index (χ0) is 11.1. The average molecular weight is 212 g/mol. The van der Waals surface area contributed by atoms with Crippen LogP contribution in [0.4, 0.5) is 0 Å². The summed E-state index contributed by atoms with van der Waals surface area (Å²) in [5.41, 5.74) is -0.752. The van der Waals surface area contributed by atoms with E-state index in [-0.39, 0.29) is 11.6 Å². The minimum absolute atomic E-state index is 0.118. The second kappa shape index (κ2) is 3.48. The van der Waals surface area contributed by atoms with Crippen molar-refractivity contribution in [2.24, 2.45) is 5.41 Å². The molecule has 2 aliphatic rings. The number of hydrogen-bond donors (Lipinski definition) is 0. The topological polar surface area (TPSA) is 35.5 Å². The van der Waals surface area contributed by atoms with Crippen LogP contribution >= 0.6 is 0 Å². The van der Waals surface area contributed by atoms with E-state index in [2.05, 4.69) is 0 Å². The molecule has 0 aromatic heterocycles. The molecular weight excluding hydrogens is 192 g/mol. The van der Waals surface area contributed by atoms with E-state index in [1.807, 2.05) is 20.8 Å². The van der Waals surface area contributed by atoms with Gasteiger partial charge in [-0.15, -0.1) is 0 Å². The van der Waals surface area contributed by atoms with Gasteiger partial charge in [0.05, 0.1) is 23.7 Å². The van der Waals surface area contributed by atoms with Crippen molar-refractivity contribution in [2.45, 2.75) is 58.2 Å². The molecule has 0 spiro atoms. The van der Waals surface area contributed by atoms with E-state index in [0.29, 0.717) is 12.7 Å². The highest BCUT2D eigenvalue weighted by Crippen LogP contribution is 2.53. The SMILES string of the molecule is CCOC(=O)C(C)(C)C12CCC(CC1)O2. The third-order valence-electron chi connectivity index (χ3n) is 4.06. The number of ether oxygens (including phenoxy) is 2. The van der Waals surface area contributed by atoms with Crippen LogP contribution in [0.2, 0.25) is 0 Å². The van der Waals surface area contributed by atoms with Crippen LogP contribution in [0.15, 0.2) is 0 Å². The van der Waals surface area contributed by atoms with Crippen molar-refractivity contribution >= 4 is 5.97 Å². The summed E-state index contributed by atoms with van der Waals surface area (Å²) in [5, 5.41) is 0. The van der Waals surface area contributed by atoms with E-state index in [1.165, 1.54) is 0 Å². The predicted molar refractivity (Wildman–Crippen MR) is 56.5 cm³/mol. The molecule has 0 unspecified atom stereocenters. The Kier molecular flexibility index (Phi) is 2.53. The summed E-state index contributed by atoms with van der Waals surface area (Å²) >= 11 is 0. The lowest BCUT2D eigenvalue weighted by atomic mass is 9.69. The second-order valence-electron chi connectivity index (χ2n) is 5.16. The van der Waals surface area contributed by atoms with Gasteiger partial charge in [0.2, 0.25) is 0 Å². The predicted octanol–water partition coefficient (Wildman–Crippen LogP) is 2.29. The molecule has 2 saturated heterocycles. The molecule has 2 rings (SSSR count). The van der Waals surface area contributed by atoms with Crippen LogP contribution in [0.25, 0.3) is 0 Å². The monoisotopic (exact) mass is 212 g/mol. The first kappa shape index (κ1) is 10.9. The molecule has 0 atom stereocenters. The number of rotatable bonds is 3. The molecular formula is C12H20O3.